The molecule has 5 rings (SSSR count). The average Bonchev–Trinajstić information content (AvgIpc) is 3.34. The van der Waals surface area contributed by atoms with Gasteiger partial charge in [-0.1, -0.05) is 39.3 Å². The summed E-state index contributed by atoms with van der Waals surface area (Å²) in [5.41, 5.74) is 3.29. The van der Waals surface area contributed by atoms with Gasteiger partial charge in [-0.2, -0.15) is 0 Å². The zero-order valence-corrected chi connectivity index (χ0v) is 24.6. The highest BCUT2D eigenvalue weighted by molar-refractivity contribution is 7.16. The summed E-state index contributed by atoms with van der Waals surface area (Å²) >= 11 is 1.70. The van der Waals surface area contributed by atoms with Crippen molar-refractivity contribution in [2.75, 3.05) is 26.6 Å². The Balaban J connectivity index is 1.35. The molecule has 0 saturated carbocycles. The van der Waals surface area contributed by atoms with Crippen LogP contribution in [0.1, 0.15) is 76.5 Å². The Labute approximate surface area is 239 Å². The van der Waals surface area contributed by atoms with Gasteiger partial charge in [-0.05, 0) is 66.0 Å². The number of nitrogens with one attached hydrogen (secondary N) is 2. The number of rotatable bonds is 8. The summed E-state index contributed by atoms with van der Waals surface area (Å²) in [4.78, 5) is 27.6. The molecule has 40 heavy (non-hydrogen) atoms. The summed E-state index contributed by atoms with van der Waals surface area (Å²) < 4.78 is 21.7. The Morgan fingerprint density at radius 2 is 1.77 bits per heavy atom. The number of hydrogen-bond acceptors (Lipinski definition) is 8. The lowest BCUT2D eigenvalue weighted by Crippen LogP contribution is -2.38. The second-order valence-corrected chi connectivity index (χ2v) is 12.0. The van der Waals surface area contributed by atoms with Crippen molar-refractivity contribution >= 4 is 28.2 Å². The van der Waals surface area contributed by atoms with Gasteiger partial charge in [0.1, 0.15) is 16.9 Å². The molecule has 2 aliphatic rings. The maximum absolute atomic E-state index is 13.3. The first kappa shape index (κ1) is 27.8. The Kier molecular flexibility index (Phi) is 7.68. The summed E-state index contributed by atoms with van der Waals surface area (Å²) in [7, 11) is 4.47. The molecule has 0 unspecified atom stereocenters. The maximum Gasteiger partial charge on any atom is 0.343 e. The highest BCUT2D eigenvalue weighted by Crippen LogP contribution is 2.47. The number of carbonyl (C=O) groups excluding carboxylic acids is 2. The number of esters is 1. The van der Waals surface area contributed by atoms with Crippen LogP contribution in [0.4, 0.5) is 5.00 Å². The van der Waals surface area contributed by atoms with Crippen LogP contribution in [-0.2, 0) is 12.8 Å². The Morgan fingerprint density at radius 1 is 1.05 bits per heavy atom. The molecule has 2 heterocycles. The highest BCUT2D eigenvalue weighted by atomic mass is 32.1. The second-order valence-electron chi connectivity index (χ2n) is 10.9. The van der Waals surface area contributed by atoms with Gasteiger partial charge in [0, 0.05) is 4.88 Å². The SMILES string of the molecule is CCC(C)(C)[C@H]1CCc2c(sc3c2C(=O)N[C@H](c2cccc(OC(=O)c4cc(OC)c(OC)c(OC)c4)c2)N3)C1. The molecule has 3 aromatic rings. The molecule has 8 nitrogen and oxygen atoms in total. The number of hydrogen-bond donors (Lipinski definition) is 2. The van der Waals surface area contributed by atoms with Crippen LogP contribution in [0.15, 0.2) is 36.4 Å². The minimum Gasteiger partial charge on any atom is -0.493 e. The standard InChI is InChI=1S/C31H36N2O6S/c1-7-31(2,3)19-11-12-21-24(16-19)40-29-25(21)28(34)32-27(33-29)17-9-8-10-20(13-17)39-30(35)18-14-22(36-4)26(38-6)23(15-18)37-5/h8-10,13-15,19,27,33H,7,11-12,16H2,1-6H3,(H,32,34)/t19-,27-/m0/s1. The molecule has 2 aromatic carbocycles. The second kappa shape index (κ2) is 11.0. The first-order chi connectivity index (χ1) is 19.2. The Morgan fingerprint density at radius 3 is 2.42 bits per heavy atom. The van der Waals surface area contributed by atoms with E-state index in [1.54, 1.807) is 41.7 Å². The average molecular weight is 565 g/mol. The van der Waals surface area contributed by atoms with Crippen LogP contribution in [0.5, 0.6) is 23.0 Å². The van der Waals surface area contributed by atoms with Gasteiger partial charge in [0.05, 0.1) is 32.5 Å². The summed E-state index contributed by atoms with van der Waals surface area (Å²) in [6.07, 6.45) is 3.75. The van der Waals surface area contributed by atoms with Crippen LogP contribution in [0, 0.1) is 11.3 Å². The summed E-state index contributed by atoms with van der Waals surface area (Å²) in [5.74, 6) is 1.43. The van der Waals surface area contributed by atoms with Gasteiger partial charge in [0.25, 0.3) is 5.91 Å². The van der Waals surface area contributed by atoms with Crippen molar-refractivity contribution in [1.29, 1.82) is 0 Å². The molecule has 0 bridgehead atoms. The fourth-order valence-corrected chi connectivity index (χ4v) is 6.90. The third kappa shape index (κ3) is 5.10. The molecule has 1 aliphatic heterocycles. The number of anilines is 1. The summed E-state index contributed by atoms with van der Waals surface area (Å²) in [5, 5.41) is 7.54. The Hall–Kier alpha value is -3.72. The summed E-state index contributed by atoms with van der Waals surface area (Å²) in [6.45, 7) is 6.95. The van der Waals surface area contributed by atoms with Crippen molar-refractivity contribution in [3.63, 3.8) is 0 Å². The minimum absolute atomic E-state index is 0.0655. The molecular weight excluding hydrogens is 528 g/mol. The number of benzene rings is 2. The van der Waals surface area contributed by atoms with Crippen molar-refractivity contribution in [2.24, 2.45) is 11.3 Å². The topological polar surface area (TPSA) is 95.1 Å². The number of carbonyl (C=O) groups is 2. The molecule has 0 radical (unpaired) electrons. The lowest BCUT2D eigenvalue weighted by Gasteiger charge is -2.36. The lowest BCUT2D eigenvalue weighted by atomic mass is 9.69. The van der Waals surface area contributed by atoms with E-state index in [4.69, 9.17) is 18.9 Å². The van der Waals surface area contributed by atoms with Gasteiger partial charge in [-0.15, -0.1) is 11.3 Å². The number of amides is 1. The van der Waals surface area contributed by atoms with Gasteiger partial charge >= 0.3 is 5.97 Å². The van der Waals surface area contributed by atoms with Crippen LogP contribution in [0.2, 0.25) is 0 Å². The number of methoxy groups -OCH3 is 3. The van der Waals surface area contributed by atoms with Crippen molar-refractivity contribution < 1.29 is 28.5 Å². The van der Waals surface area contributed by atoms with Crippen molar-refractivity contribution in [2.45, 2.75) is 52.6 Å². The van der Waals surface area contributed by atoms with Crippen molar-refractivity contribution in [1.82, 2.24) is 5.32 Å². The molecule has 0 spiro atoms. The van der Waals surface area contributed by atoms with Gasteiger partial charge in [-0.25, -0.2) is 4.79 Å². The van der Waals surface area contributed by atoms with Crippen molar-refractivity contribution in [3.8, 4) is 23.0 Å². The predicted molar refractivity (Wildman–Crippen MR) is 155 cm³/mol. The van der Waals surface area contributed by atoms with E-state index in [-0.39, 0.29) is 16.9 Å². The zero-order chi connectivity index (χ0) is 28.6. The molecule has 0 saturated heterocycles. The van der Waals surface area contributed by atoms with Crippen LogP contribution in [0.25, 0.3) is 0 Å². The number of ether oxygens (including phenoxy) is 4. The first-order valence-corrected chi connectivity index (χ1v) is 14.3. The molecule has 2 N–H and O–H groups in total. The minimum atomic E-state index is -0.574. The number of thiophene rings is 1. The fraction of sp³-hybridized carbons (Fsp3) is 0.419. The van der Waals surface area contributed by atoms with E-state index >= 15 is 0 Å². The quantitative estimate of drug-likeness (QED) is 0.242. The molecule has 2 atom stereocenters. The van der Waals surface area contributed by atoms with Gasteiger partial charge in [0.15, 0.2) is 11.5 Å². The maximum atomic E-state index is 13.3. The van der Waals surface area contributed by atoms with E-state index in [1.165, 1.54) is 31.8 Å². The molecule has 0 fully saturated rings. The van der Waals surface area contributed by atoms with Crippen molar-refractivity contribution in [3.05, 3.63) is 63.5 Å². The molecule has 1 aromatic heterocycles. The smallest absolute Gasteiger partial charge is 0.343 e. The Bertz CT molecular complexity index is 1420. The highest BCUT2D eigenvalue weighted by Gasteiger charge is 2.37. The van der Waals surface area contributed by atoms with E-state index in [0.717, 1.165) is 41.8 Å². The van der Waals surface area contributed by atoms with E-state index in [2.05, 4.69) is 31.4 Å². The zero-order valence-electron chi connectivity index (χ0n) is 23.8. The summed E-state index contributed by atoms with van der Waals surface area (Å²) in [6, 6.07) is 10.2. The lowest BCUT2D eigenvalue weighted by molar-refractivity contribution is 0.0733. The van der Waals surface area contributed by atoms with E-state index in [9.17, 15) is 9.59 Å². The third-order valence-electron chi connectivity index (χ3n) is 8.36. The molecule has 1 amide bonds. The molecular formula is C31H36N2O6S. The monoisotopic (exact) mass is 564 g/mol. The van der Waals surface area contributed by atoms with E-state index < -0.39 is 12.1 Å². The largest absolute Gasteiger partial charge is 0.493 e. The van der Waals surface area contributed by atoms with Gasteiger partial charge in [-0.3, -0.25) is 4.79 Å². The van der Waals surface area contributed by atoms with Gasteiger partial charge in [0.2, 0.25) is 5.75 Å². The van der Waals surface area contributed by atoms with Gasteiger partial charge < -0.3 is 29.6 Å². The molecule has 212 valence electrons. The van der Waals surface area contributed by atoms with Crippen LogP contribution in [0.3, 0.4) is 0 Å². The number of fused-ring (bicyclic) bond motifs is 3. The molecule has 9 heteroatoms. The fourth-order valence-electron chi connectivity index (χ4n) is 5.54. The van der Waals surface area contributed by atoms with E-state index in [0.29, 0.717) is 28.9 Å². The van der Waals surface area contributed by atoms with E-state index in [1.807, 2.05) is 6.07 Å². The van der Waals surface area contributed by atoms with Crippen LogP contribution >= 0.6 is 11.3 Å². The predicted octanol–water partition coefficient (Wildman–Crippen LogP) is 6.39. The first-order valence-electron chi connectivity index (χ1n) is 13.5. The van der Waals surface area contributed by atoms with Crippen LogP contribution in [-0.4, -0.2) is 33.2 Å². The molecule has 1 aliphatic carbocycles. The van der Waals surface area contributed by atoms with Crippen LogP contribution < -0.4 is 29.6 Å². The normalized spacial score (nSPS) is 18.1. The third-order valence-corrected chi connectivity index (χ3v) is 9.55.